The topological polar surface area (TPSA) is 109 Å². The van der Waals surface area contributed by atoms with Crippen molar-refractivity contribution in [3.63, 3.8) is 0 Å². The first kappa shape index (κ1) is 28.9. The number of carbonyl (C=O) groups is 1. The van der Waals surface area contributed by atoms with E-state index in [0.29, 0.717) is 29.7 Å². The summed E-state index contributed by atoms with van der Waals surface area (Å²) in [6.07, 6.45) is -1.66. The molecule has 4 aromatic rings. The van der Waals surface area contributed by atoms with Gasteiger partial charge in [-0.15, -0.1) is 0 Å². The predicted octanol–water partition coefficient (Wildman–Crippen LogP) is 3.33. The lowest BCUT2D eigenvalue weighted by Gasteiger charge is -2.50. The maximum atomic E-state index is 12.8. The number of carbonyl (C=O) groups excluding carboxylic acids is 1. The zero-order valence-corrected chi connectivity index (χ0v) is 25.7. The van der Waals surface area contributed by atoms with Gasteiger partial charge in [-0.1, -0.05) is 48.0 Å². The molecule has 9 rings (SSSR count). The van der Waals surface area contributed by atoms with Crippen LogP contribution in [0.3, 0.4) is 0 Å². The molecule has 0 spiro atoms. The van der Waals surface area contributed by atoms with Crippen molar-refractivity contribution in [3.05, 3.63) is 71.2 Å². The molecule has 3 N–H and O–H groups in total. The number of nitrogens with zero attached hydrogens (tertiary/aromatic N) is 3. The number of hydrogen-bond acceptors (Lipinski definition) is 7. The van der Waals surface area contributed by atoms with Crippen molar-refractivity contribution in [2.75, 3.05) is 65.6 Å². The predicted molar refractivity (Wildman–Crippen MR) is 170 cm³/mol. The average molecular weight is 631 g/mol. The van der Waals surface area contributed by atoms with Crippen LogP contribution in [0.5, 0.6) is 6.01 Å². The quantitative estimate of drug-likeness (QED) is 0.256. The van der Waals surface area contributed by atoms with Crippen LogP contribution in [0.1, 0.15) is 10.4 Å². The first-order valence-corrected chi connectivity index (χ1v) is 16.1. The zero-order valence-electron chi connectivity index (χ0n) is 25.0. The minimum Gasteiger partial charge on any atom is -0.456 e. The van der Waals surface area contributed by atoms with Gasteiger partial charge in [0.15, 0.2) is 6.10 Å². The molecular weight excluding hydrogens is 594 g/mol. The van der Waals surface area contributed by atoms with Crippen LogP contribution in [-0.2, 0) is 9.47 Å². The van der Waals surface area contributed by atoms with Gasteiger partial charge in [-0.3, -0.25) is 9.69 Å². The molecule has 5 saturated heterocycles. The molecule has 6 heterocycles. The van der Waals surface area contributed by atoms with E-state index < -0.39 is 6.10 Å². The Morgan fingerprint density at radius 3 is 2.38 bits per heavy atom. The number of aliphatic hydroxyl groups is 1. The van der Waals surface area contributed by atoms with Crippen molar-refractivity contribution < 1.29 is 28.6 Å². The number of rotatable bonds is 8. The molecule has 0 radical (unpaired) electrons. The van der Waals surface area contributed by atoms with Gasteiger partial charge >= 0.3 is 0 Å². The SMILES string of the molecule is O=C(NCC[N+]12CCN(CC1)CC2)c1ccc(-c2ccc(-c3cc4nc(O[C@@H]5CO[C@H]6[C@@H]5OC[C@H]6O)[nH]c4cc3Cl)cc2)cc1. The molecule has 0 aliphatic carbocycles. The number of aliphatic hydroxyl groups excluding tert-OH is 1. The molecule has 0 unspecified atom stereocenters. The summed E-state index contributed by atoms with van der Waals surface area (Å²) in [5, 5.41) is 13.7. The van der Waals surface area contributed by atoms with E-state index in [-0.39, 0.29) is 30.8 Å². The second-order valence-corrected chi connectivity index (χ2v) is 13.1. The number of aromatic amines is 1. The maximum absolute atomic E-state index is 12.8. The van der Waals surface area contributed by atoms with Gasteiger partial charge in [0, 0.05) is 30.8 Å². The summed E-state index contributed by atoms with van der Waals surface area (Å²) in [4.78, 5) is 23.2. The Morgan fingerprint density at radius 1 is 0.978 bits per heavy atom. The summed E-state index contributed by atoms with van der Waals surface area (Å²) in [7, 11) is 0. The second kappa shape index (κ2) is 11.7. The van der Waals surface area contributed by atoms with Crippen LogP contribution in [0.25, 0.3) is 33.3 Å². The average Bonchev–Trinajstić information content (AvgIpc) is 3.77. The van der Waals surface area contributed by atoms with E-state index in [2.05, 4.69) is 32.3 Å². The normalized spacial score (nSPS) is 28.8. The van der Waals surface area contributed by atoms with Crippen LogP contribution >= 0.6 is 11.6 Å². The molecule has 45 heavy (non-hydrogen) atoms. The first-order chi connectivity index (χ1) is 21.9. The van der Waals surface area contributed by atoms with Gasteiger partial charge < -0.3 is 34.1 Å². The summed E-state index contributed by atoms with van der Waals surface area (Å²) in [5.74, 6) is -0.0193. The number of imidazole rings is 1. The smallest absolute Gasteiger partial charge is 0.295 e. The maximum Gasteiger partial charge on any atom is 0.295 e. The number of amides is 1. The lowest BCUT2D eigenvalue weighted by molar-refractivity contribution is -0.939. The highest BCUT2D eigenvalue weighted by molar-refractivity contribution is 6.34. The van der Waals surface area contributed by atoms with Crippen LogP contribution in [0.2, 0.25) is 5.02 Å². The molecule has 2 bridgehead atoms. The van der Waals surface area contributed by atoms with Crippen molar-refractivity contribution in [2.24, 2.45) is 0 Å². The molecule has 234 valence electrons. The van der Waals surface area contributed by atoms with Gasteiger partial charge in [-0.25, -0.2) is 0 Å². The number of halogens is 1. The number of nitrogens with one attached hydrogen (secondary N) is 2. The van der Waals surface area contributed by atoms with Crippen LogP contribution < -0.4 is 10.1 Å². The fourth-order valence-electron chi connectivity index (χ4n) is 7.20. The van der Waals surface area contributed by atoms with E-state index in [4.69, 9.17) is 25.8 Å². The number of ether oxygens (including phenoxy) is 3. The van der Waals surface area contributed by atoms with Gasteiger partial charge in [0.05, 0.1) is 62.0 Å². The Morgan fingerprint density at radius 2 is 1.64 bits per heavy atom. The van der Waals surface area contributed by atoms with E-state index in [1.54, 1.807) is 0 Å². The number of fused-ring (bicyclic) bond motifs is 5. The summed E-state index contributed by atoms with van der Waals surface area (Å²) in [6.45, 7) is 9.43. The van der Waals surface area contributed by atoms with E-state index in [1.807, 2.05) is 48.5 Å². The van der Waals surface area contributed by atoms with Gasteiger partial charge in [-0.05, 0) is 41.0 Å². The van der Waals surface area contributed by atoms with E-state index >= 15 is 0 Å². The number of hydrogen-bond donors (Lipinski definition) is 3. The molecule has 0 saturated carbocycles. The summed E-state index contributed by atoms with van der Waals surface area (Å²) >= 11 is 6.71. The summed E-state index contributed by atoms with van der Waals surface area (Å²) < 4.78 is 18.5. The number of H-pyrrole nitrogens is 1. The lowest BCUT2D eigenvalue weighted by atomic mass is 9.99. The Kier molecular flexibility index (Phi) is 7.52. The minimum absolute atomic E-state index is 0.0193. The first-order valence-electron chi connectivity index (χ1n) is 15.8. The number of aromatic nitrogens is 2. The molecule has 1 aromatic heterocycles. The highest BCUT2D eigenvalue weighted by Crippen LogP contribution is 2.35. The third kappa shape index (κ3) is 5.60. The fourth-order valence-corrected chi connectivity index (χ4v) is 7.48. The van der Waals surface area contributed by atoms with Crippen molar-refractivity contribution >= 4 is 28.5 Å². The molecular formula is C34H37ClN5O5+. The van der Waals surface area contributed by atoms with E-state index in [1.165, 1.54) is 39.3 Å². The van der Waals surface area contributed by atoms with Crippen molar-refractivity contribution in [3.8, 4) is 28.3 Å². The van der Waals surface area contributed by atoms with E-state index in [0.717, 1.165) is 44.3 Å². The Hall–Kier alpha value is -3.51. The number of benzene rings is 3. The third-order valence-corrected chi connectivity index (χ3v) is 10.3. The number of quaternary nitrogens is 1. The van der Waals surface area contributed by atoms with Gasteiger partial charge in [0.1, 0.15) is 18.3 Å². The van der Waals surface area contributed by atoms with Gasteiger partial charge in [0.25, 0.3) is 11.9 Å². The van der Waals surface area contributed by atoms with Crippen molar-refractivity contribution in [2.45, 2.75) is 24.4 Å². The summed E-state index contributed by atoms with van der Waals surface area (Å²) in [5.41, 5.74) is 6.09. The molecule has 5 aliphatic rings. The van der Waals surface area contributed by atoms with Gasteiger partial charge in [0.2, 0.25) is 0 Å². The Balaban J connectivity index is 0.909. The summed E-state index contributed by atoms with van der Waals surface area (Å²) in [6, 6.07) is 20.1. The molecule has 1 amide bonds. The Labute approximate surface area is 266 Å². The molecule has 5 fully saturated rings. The van der Waals surface area contributed by atoms with E-state index in [9.17, 15) is 9.90 Å². The standard InChI is InChI=1S/C34H36ClN5O5/c35-26-18-28-27(37-34(38-28)45-30-20-44-31-29(41)19-43-32(30)31)17-25(26)23-5-1-21(2-6-23)22-3-7-24(8-4-22)33(42)36-9-13-40-14-10-39(11-15-40)12-16-40/h1-8,17-18,29-32,41H,9-16,19-20H2,(H-,36,37,38,42)/p+1/t29-,30-,31-,32-/m1/s1. The third-order valence-electron chi connectivity index (χ3n) is 10.0. The highest BCUT2D eigenvalue weighted by atomic mass is 35.5. The van der Waals surface area contributed by atoms with Gasteiger partial charge in [-0.2, -0.15) is 4.98 Å². The molecule has 5 aliphatic heterocycles. The van der Waals surface area contributed by atoms with Crippen molar-refractivity contribution in [1.82, 2.24) is 20.2 Å². The molecule has 3 aromatic carbocycles. The van der Waals surface area contributed by atoms with Crippen molar-refractivity contribution in [1.29, 1.82) is 0 Å². The molecule has 4 atom stereocenters. The monoisotopic (exact) mass is 630 g/mol. The molecule has 11 heteroatoms. The highest BCUT2D eigenvalue weighted by Gasteiger charge is 2.48. The largest absolute Gasteiger partial charge is 0.456 e. The van der Waals surface area contributed by atoms with Crippen LogP contribution in [0.4, 0.5) is 0 Å². The molecule has 10 nitrogen and oxygen atoms in total. The van der Waals surface area contributed by atoms with Crippen LogP contribution in [0.15, 0.2) is 60.7 Å². The second-order valence-electron chi connectivity index (χ2n) is 12.7. The van der Waals surface area contributed by atoms with Crippen LogP contribution in [-0.4, -0.2) is 120 Å². The fraction of sp³-hybridized carbons (Fsp3) is 0.412. The lowest BCUT2D eigenvalue weighted by Crippen LogP contribution is -2.68. The zero-order chi connectivity index (χ0) is 30.5. The minimum atomic E-state index is -0.633. The number of piperazine rings is 3. The Bertz CT molecular complexity index is 1690. The van der Waals surface area contributed by atoms with Crippen LogP contribution in [0, 0.1) is 0 Å².